The molecular formula is C17H19Cl2N. The minimum Gasteiger partial charge on any atom is -0.306 e. The van der Waals surface area contributed by atoms with Gasteiger partial charge in [0.1, 0.15) is 0 Å². The van der Waals surface area contributed by atoms with Crippen LogP contribution in [0.4, 0.5) is 0 Å². The van der Waals surface area contributed by atoms with Crippen LogP contribution < -0.4 is 5.32 Å². The highest BCUT2D eigenvalue weighted by atomic mass is 35.5. The summed E-state index contributed by atoms with van der Waals surface area (Å²) in [6.07, 6.45) is 1.06. The lowest BCUT2D eigenvalue weighted by atomic mass is 9.97. The van der Waals surface area contributed by atoms with Gasteiger partial charge in [0.05, 0.1) is 6.04 Å². The maximum atomic E-state index is 6.37. The van der Waals surface area contributed by atoms with Crippen molar-refractivity contribution >= 4 is 23.2 Å². The van der Waals surface area contributed by atoms with Gasteiger partial charge in [-0.3, -0.25) is 0 Å². The fourth-order valence-electron chi connectivity index (χ4n) is 2.31. The summed E-state index contributed by atoms with van der Waals surface area (Å²) >= 11 is 12.7. The summed E-state index contributed by atoms with van der Waals surface area (Å²) in [5, 5.41) is 4.94. The average molecular weight is 308 g/mol. The Morgan fingerprint density at radius 1 is 1.05 bits per heavy atom. The number of benzene rings is 2. The molecule has 0 fully saturated rings. The SMILES string of the molecule is CCCNC(c1cccc(C)c1)c1c(Cl)cccc1Cl. The van der Waals surface area contributed by atoms with E-state index < -0.39 is 0 Å². The molecule has 0 spiro atoms. The maximum Gasteiger partial charge on any atom is 0.0606 e. The molecule has 2 rings (SSSR count). The first-order valence-corrected chi connectivity index (χ1v) is 7.63. The third kappa shape index (κ3) is 3.54. The summed E-state index contributed by atoms with van der Waals surface area (Å²) in [5.41, 5.74) is 3.37. The predicted molar refractivity (Wildman–Crippen MR) is 87.8 cm³/mol. The van der Waals surface area contributed by atoms with E-state index in [-0.39, 0.29) is 6.04 Å². The maximum absolute atomic E-state index is 6.37. The van der Waals surface area contributed by atoms with Crippen molar-refractivity contribution in [2.75, 3.05) is 6.54 Å². The highest BCUT2D eigenvalue weighted by Gasteiger charge is 2.19. The molecule has 2 aromatic carbocycles. The molecule has 0 aliphatic carbocycles. The molecular weight excluding hydrogens is 289 g/mol. The molecule has 0 saturated carbocycles. The predicted octanol–water partition coefficient (Wildman–Crippen LogP) is 5.39. The standard InChI is InChI=1S/C17H19Cl2N/c1-3-10-20-17(13-7-4-6-12(2)11-13)16-14(18)8-5-9-15(16)19/h4-9,11,17,20H,3,10H2,1-2H3. The molecule has 3 heteroatoms. The lowest BCUT2D eigenvalue weighted by Crippen LogP contribution is -2.24. The van der Waals surface area contributed by atoms with Gasteiger partial charge in [-0.15, -0.1) is 0 Å². The highest BCUT2D eigenvalue weighted by molar-refractivity contribution is 6.36. The van der Waals surface area contributed by atoms with Gasteiger partial charge in [-0.1, -0.05) is 66.0 Å². The van der Waals surface area contributed by atoms with E-state index in [9.17, 15) is 0 Å². The molecule has 0 aliphatic rings. The van der Waals surface area contributed by atoms with Crippen LogP contribution in [0.1, 0.15) is 36.1 Å². The van der Waals surface area contributed by atoms with Crippen LogP contribution in [0.3, 0.4) is 0 Å². The lowest BCUT2D eigenvalue weighted by molar-refractivity contribution is 0.598. The number of hydrogen-bond acceptors (Lipinski definition) is 1. The molecule has 106 valence electrons. The fourth-order valence-corrected chi connectivity index (χ4v) is 2.93. The van der Waals surface area contributed by atoms with E-state index >= 15 is 0 Å². The van der Waals surface area contributed by atoms with Crippen molar-refractivity contribution in [2.24, 2.45) is 0 Å². The Balaban J connectivity index is 2.47. The summed E-state index contributed by atoms with van der Waals surface area (Å²) in [6.45, 7) is 5.16. The first-order chi connectivity index (χ1) is 9.63. The monoisotopic (exact) mass is 307 g/mol. The molecule has 0 aliphatic heterocycles. The highest BCUT2D eigenvalue weighted by Crippen LogP contribution is 2.34. The molecule has 0 amide bonds. The van der Waals surface area contributed by atoms with E-state index in [4.69, 9.17) is 23.2 Å². The van der Waals surface area contributed by atoms with Crippen LogP contribution in [0.5, 0.6) is 0 Å². The Bertz CT molecular complexity index is 561. The van der Waals surface area contributed by atoms with Crippen LogP contribution in [0, 0.1) is 6.92 Å². The molecule has 0 heterocycles. The molecule has 1 atom stereocenters. The van der Waals surface area contributed by atoms with Crippen LogP contribution in [0.2, 0.25) is 10.0 Å². The van der Waals surface area contributed by atoms with E-state index in [1.54, 1.807) is 0 Å². The van der Waals surface area contributed by atoms with E-state index in [1.165, 1.54) is 11.1 Å². The summed E-state index contributed by atoms with van der Waals surface area (Å²) in [5.74, 6) is 0. The van der Waals surface area contributed by atoms with E-state index in [0.29, 0.717) is 10.0 Å². The second-order valence-corrected chi connectivity index (χ2v) is 5.75. The molecule has 0 radical (unpaired) electrons. The zero-order valence-electron chi connectivity index (χ0n) is 11.8. The third-order valence-electron chi connectivity index (χ3n) is 3.26. The van der Waals surface area contributed by atoms with Gasteiger partial charge in [-0.2, -0.15) is 0 Å². The average Bonchev–Trinajstić information content (AvgIpc) is 2.42. The van der Waals surface area contributed by atoms with Crippen molar-refractivity contribution in [1.29, 1.82) is 0 Å². The van der Waals surface area contributed by atoms with Gasteiger partial charge >= 0.3 is 0 Å². The van der Waals surface area contributed by atoms with E-state index in [1.807, 2.05) is 18.2 Å². The zero-order valence-corrected chi connectivity index (χ0v) is 13.3. The summed E-state index contributed by atoms with van der Waals surface area (Å²) in [6, 6.07) is 14.1. The first-order valence-electron chi connectivity index (χ1n) is 6.87. The van der Waals surface area contributed by atoms with Crippen molar-refractivity contribution in [2.45, 2.75) is 26.3 Å². The number of hydrogen-bond donors (Lipinski definition) is 1. The number of nitrogens with one attached hydrogen (secondary N) is 1. The molecule has 2 aromatic rings. The van der Waals surface area contributed by atoms with Crippen molar-refractivity contribution in [1.82, 2.24) is 5.32 Å². The fraction of sp³-hybridized carbons (Fsp3) is 0.294. The van der Waals surface area contributed by atoms with Gasteiger partial charge in [-0.05, 0) is 37.6 Å². The van der Waals surface area contributed by atoms with Gasteiger partial charge in [0, 0.05) is 15.6 Å². The Hall–Kier alpha value is -1.02. The zero-order chi connectivity index (χ0) is 14.5. The number of halogens is 2. The second-order valence-electron chi connectivity index (χ2n) is 4.94. The van der Waals surface area contributed by atoms with Gasteiger partial charge < -0.3 is 5.32 Å². The lowest BCUT2D eigenvalue weighted by Gasteiger charge is -2.22. The second kappa shape index (κ2) is 7.12. The number of rotatable bonds is 5. The van der Waals surface area contributed by atoms with Crippen molar-refractivity contribution in [3.05, 3.63) is 69.2 Å². The van der Waals surface area contributed by atoms with Gasteiger partial charge in [0.2, 0.25) is 0 Å². The first kappa shape index (κ1) is 15.4. The molecule has 1 N–H and O–H groups in total. The Kier molecular flexibility index (Phi) is 5.47. The van der Waals surface area contributed by atoms with Crippen molar-refractivity contribution in [3.63, 3.8) is 0 Å². The third-order valence-corrected chi connectivity index (χ3v) is 3.92. The minimum absolute atomic E-state index is 0.0241. The van der Waals surface area contributed by atoms with Crippen LogP contribution >= 0.6 is 23.2 Å². The summed E-state index contributed by atoms with van der Waals surface area (Å²) < 4.78 is 0. The summed E-state index contributed by atoms with van der Waals surface area (Å²) in [7, 11) is 0. The van der Waals surface area contributed by atoms with E-state index in [0.717, 1.165) is 18.5 Å². The molecule has 20 heavy (non-hydrogen) atoms. The molecule has 0 saturated heterocycles. The quantitative estimate of drug-likeness (QED) is 0.780. The Morgan fingerprint density at radius 2 is 1.70 bits per heavy atom. The minimum atomic E-state index is 0.0241. The smallest absolute Gasteiger partial charge is 0.0606 e. The van der Waals surface area contributed by atoms with Gasteiger partial charge in [-0.25, -0.2) is 0 Å². The van der Waals surface area contributed by atoms with Crippen molar-refractivity contribution in [3.8, 4) is 0 Å². The molecule has 1 unspecified atom stereocenters. The normalized spacial score (nSPS) is 12.4. The molecule has 0 aromatic heterocycles. The molecule has 0 bridgehead atoms. The van der Waals surface area contributed by atoms with Crippen LogP contribution in [0.25, 0.3) is 0 Å². The summed E-state index contributed by atoms with van der Waals surface area (Å²) in [4.78, 5) is 0. The topological polar surface area (TPSA) is 12.0 Å². The van der Waals surface area contributed by atoms with Crippen molar-refractivity contribution < 1.29 is 0 Å². The van der Waals surface area contributed by atoms with Crippen LogP contribution in [0.15, 0.2) is 42.5 Å². The van der Waals surface area contributed by atoms with Gasteiger partial charge in [0.15, 0.2) is 0 Å². The van der Waals surface area contributed by atoms with Gasteiger partial charge in [0.25, 0.3) is 0 Å². The Morgan fingerprint density at radius 3 is 2.30 bits per heavy atom. The Labute approximate surface area is 130 Å². The van der Waals surface area contributed by atoms with Crippen LogP contribution in [-0.2, 0) is 0 Å². The number of aryl methyl sites for hydroxylation is 1. The molecule has 1 nitrogen and oxygen atoms in total. The van der Waals surface area contributed by atoms with E-state index in [2.05, 4.69) is 43.4 Å². The van der Waals surface area contributed by atoms with Crippen LogP contribution in [-0.4, -0.2) is 6.54 Å². The largest absolute Gasteiger partial charge is 0.306 e.